The predicted molar refractivity (Wildman–Crippen MR) is 181 cm³/mol. The molecule has 7 nitrogen and oxygen atoms in total. The number of halogens is 1. The maximum Gasteiger partial charge on any atom is 0.251 e. The number of aryl methyl sites for hydroxylation is 1. The Morgan fingerprint density at radius 3 is 2.28 bits per heavy atom. The second-order valence-corrected chi connectivity index (χ2v) is 15.0. The van der Waals surface area contributed by atoms with Crippen molar-refractivity contribution in [3.8, 4) is 11.8 Å². The van der Waals surface area contributed by atoms with Crippen molar-refractivity contribution < 1.29 is 14.3 Å². The molecule has 3 aliphatic rings. The number of fused-ring (bicyclic) bond motifs is 1. The lowest BCUT2D eigenvalue weighted by Crippen LogP contribution is -2.74. The molecule has 0 spiro atoms. The number of amides is 1. The molecule has 240 valence electrons. The number of carbonyl (C=O) groups excluding carboxylic acids is 2. The molecular formula is C38H43ClN4O3. The number of anilines is 1. The summed E-state index contributed by atoms with van der Waals surface area (Å²) in [6, 6.07) is 19.3. The van der Waals surface area contributed by atoms with E-state index in [1.54, 1.807) is 18.2 Å². The zero-order chi connectivity index (χ0) is 32.8. The summed E-state index contributed by atoms with van der Waals surface area (Å²) in [5.41, 5.74) is 6.09. The van der Waals surface area contributed by atoms with Crippen LogP contribution < -0.4 is 15.0 Å². The Labute approximate surface area is 277 Å². The van der Waals surface area contributed by atoms with E-state index in [2.05, 4.69) is 73.1 Å². The van der Waals surface area contributed by atoms with Crippen LogP contribution in [0.25, 0.3) is 0 Å². The molecule has 1 aliphatic carbocycles. The van der Waals surface area contributed by atoms with Gasteiger partial charge in [-0.15, -0.1) is 0 Å². The molecule has 6 rings (SSSR count). The van der Waals surface area contributed by atoms with E-state index in [0.29, 0.717) is 27.8 Å². The van der Waals surface area contributed by atoms with E-state index >= 15 is 0 Å². The third-order valence-electron chi connectivity index (χ3n) is 10.6. The lowest BCUT2D eigenvalue weighted by molar-refractivity contribution is -0.164. The van der Waals surface area contributed by atoms with Gasteiger partial charge in [0.25, 0.3) is 5.91 Å². The van der Waals surface area contributed by atoms with E-state index in [4.69, 9.17) is 16.3 Å². The summed E-state index contributed by atoms with van der Waals surface area (Å²) in [7, 11) is 0. The number of piperidine rings is 1. The van der Waals surface area contributed by atoms with E-state index in [-0.39, 0.29) is 28.9 Å². The Kier molecular flexibility index (Phi) is 8.65. The highest BCUT2D eigenvalue weighted by Gasteiger charge is 2.64. The van der Waals surface area contributed by atoms with Gasteiger partial charge in [-0.2, -0.15) is 5.26 Å². The van der Waals surface area contributed by atoms with Crippen LogP contribution in [-0.2, 0) is 13.1 Å². The molecule has 1 saturated carbocycles. The molecule has 2 fully saturated rings. The van der Waals surface area contributed by atoms with E-state index < -0.39 is 0 Å². The summed E-state index contributed by atoms with van der Waals surface area (Å²) >= 11 is 6.23. The van der Waals surface area contributed by atoms with Crippen LogP contribution in [0.5, 0.6) is 5.75 Å². The second-order valence-electron chi connectivity index (χ2n) is 14.5. The molecule has 2 heterocycles. The quantitative estimate of drug-likeness (QED) is 0.263. The number of hydrogen-bond acceptors (Lipinski definition) is 6. The number of nitrogens with zero attached hydrogens (tertiary/aromatic N) is 3. The normalized spacial score (nSPS) is 22.0. The second kappa shape index (κ2) is 12.4. The number of aldehydes is 1. The molecule has 1 saturated heterocycles. The fourth-order valence-electron chi connectivity index (χ4n) is 8.29. The van der Waals surface area contributed by atoms with E-state index in [1.807, 2.05) is 19.1 Å². The summed E-state index contributed by atoms with van der Waals surface area (Å²) < 4.78 is 6.37. The zero-order valence-corrected chi connectivity index (χ0v) is 28.2. The number of ether oxygens (including phenoxy) is 1. The molecule has 3 aromatic rings. The van der Waals surface area contributed by atoms with Gasteiger partial charge in [-0.3, -0.25) is 14.5 Å². The van der Waals surface area contributed by atoms with Crippen LogP contribution in [0, 0.1) is 35.0 Å². The summed E-state index contributed by atoms with van der Waals surface area (Å²) in [6.45, 7) is 15.4. The summed E-state index contributed by atoms with van der Waals surface area (Å²) in [5.74, 6) is 1.18. The van der Waals surface area contributed by atoms with Crippen molar-refractivity contribution in [2.45, 2.75) is 72.7 Å². The maximum absolute atomic E-state index is 13.4. The number of benzene rings is 3. The number of nitrogens with one attached hydrogen (secondary N) is 1. The molecule has 46 heavy (non-hydrogen) atoms. The molecule has 1 amide bonds. The monoisotopic (exact) mass is 638 g/mol. The summed E-state index contributed by atoms with van der Waals surface area (Å²) in [5, 5.41) is 12.8. The average Bonchev–Trinajstić information content (AvgIpc) is 3.42. The highest BCUT2D eigenvalue weighted by molar-refractivity contribution is 6.31. The lowest BCUT2D eigenvalue weighted by atomic mass is 9.49. The van der Waals surface area contributed by atoms with Crippen LogP contribution >= 0.6 is 11.6 Å². The minimum Gasteiger partial charge on any atom is -0.489 e. The first-order valence-electron chi connectivity index (χ1n) is 16.2. The van der Waals surface area contributed by atoms with Crippen molar-refractivity contribution in [2.24, 2.45) is 16.7 Å². The molecule has 0 unspecified atom stereocenters. The Bertz CT molecular complexity index is 1670. The molecule has 0 atom stereocenters. The number of carbonyl (C=O) groups is 2. The van der Waals surface area contributed by atoms with Gasteiger partial charge in [0.05, 0.1) is 10.6 Å². The third kappa shape index (κ3) is 6.01. The van der Waals surface area contributed by atoms with Crippen molar-refractivity contribution in [3.63, 3.8) is 0 Å². The minimum absolute atomic E-state index is 0.0849. The molecule has 2 aliphatic heterocycles. The topological polar surface area (TPSA) is 85.7 Å². The predicted octanol–water partition coefficient (Wildman–Crippen LogP) is 7.18. The zero-order valence-electron chi connectivity index (χ0n) is 27.4. The van der Waals surface area contributed by atoms with Gasteiger partial charge in [0.15, 0.2) is 0 Å². The smallest absolute Gasteiger partial charge is 0.251 e. The first-order valence-corrected chi connectivity index (χ1v) is 16.6. The first-order chi connectivity index (χ1) is 21.9. The third-order valence-corrected chi connectivity index (χ3v) is 10.9. The van der Waals surface area contributed by atoms with Crippen LogP contribution in [0.15, 0.2) is 54.6 Å². The van der Waals surface area contributed by atoms with Crippen molar-refractivity contribution in [1.82, 2.24) is 10.2 Å². The maximum atomic E-state index is 13.4. The van der Waals surface area contributed by atoms with Crippen LogP contribution in [0.4, 0.5) is 5.69 Å². The van der Waals surface area contributed by atoms with E-state index in [0.717, 1.165) is 68.7 Å². The van der Waals surface area contributed by atoms with Crippen LogP contribution in [-0.4, -0.2) is 48.9 Å². The largest absolute Gasteiger partial charge is 0.489 e. The average molecular weight is 639 g/mol. The van der Waals surface area contributed by atoms with Gasteiger partial charge in [0.1, 0.15) is 24.2 Å². The van der Waals surface area contributed by atoms with Crippen molar-refractivity contribution in [3.05, 3.63) is 93.0 Å². The SMILES string of the molecule is Cc1cc2c(cc1C=O)CN(CC1CCN(c3ccc(C(=O)NC4C(C)(C)C(Oc5ccc(C#N)c(Cl)c5)C4(C)C)cc3)CC1)C2. The van der Waals surface area contributed by atoms with Gasteiger partial charge in [-0.05, 0) is 84.8 Å². The number of nitriles is 1. The highest BCUT2D eigenvalue weighted by atomic mass is 35.5. The first kappa shape index (κ1) is 32.1. The van der Waals surface area contributed by atoms with Crippen molar-refractivity contribution in [1.29, 1.82) is 5.26 Å². The molecule has 0 radical (unpaired) electrons. The van der Waals surface area contributed by atoms with Crippen molar-refractivity contribution >= 4 is 29.5 Å². The van der Waals surface area contributed by atoms with Gasteiger partial charge in [0.2, 0.25) is 0 Å². The Morgan fingerprint density at radius 2 is 1.67 bits per heavy atom. The number of rotatable bonds is 8. The van der Waals surface area contributed by atoms with Crippen LogP contribution in [0.1, 0.15) is 83.5 Å². The molecule has 8 heteroatoms. The van der Waals surface area contributed by atoms with E-state index in [1.165, 1.54) is 11.1 Å². The standard InChI is InChI=1S/C38H43ClN4O3/c1-24-16-28-21-42(22-29(28)17-30(24)23-44)20-25-12-14-43(15-13-25)31-9-6-26(7-10-31)34(45)41-35-37(2,3)36(38(35,4)5)46-32-11-8-27(19-40)33(39)18-32/h6-11,16-18,23,25,35-36H,12-15,20-22H2,1-5H3,(H,41,45). The fourth-order valence-corrected chi connectivity index (χ4v) is 8.51. The molecule has 1 N–H and O–H groups in total. The molecule has 0 aromatic heterocycles. The van der Waals surface area contributed by atoms with Crippen LogP contribution in [0.3, 0.4) is 0 Å². The van der Waals surface area contributed by atoms with E-state index in [9.17, 15) is 14.9 Å². The minimum atomic E-state index is -0.320. The molecular weight excluding hydrogens is 596 g/mol. The van der Waals surface area contributed by atoms with Gasteiger partial charge in [-0.25, -0.2) is 0 Å². The summed E-state index contributed by atoms with van der Waals surface area (Å²) in [4.78, 5) is 29.7. The Morgan fingerprint density at radius 1 is 1.02 bits per heavy atom. The Balaban J connectivity index is 1.00. The molecule has 0 bridgehead atoms. The fraction of sp³-hybridized carbons (Fsp3) is 0.447. The Hall–Kier alpha value is -3.86. The lowest BCUT2D eigenvalue weighted by Gasteiger charge is -2.63. The summed E-state index contributed by atoms with van der Waals surface area (Å²) in [6.07, 6.45) is 3.08. The van der Waals surface area contributed by atoms with Crippen molar-refractivity contribution in [2.75, 3.05) is 24.5 Å². The van der Waals surface area contributed by atoms with Gasteiger partial charge in [0, 0.05) is 72.5 Å². The van der Waals surface area contributed by atoms with Gasteiger partial charge >= 0.3 is 0 Å². The highest BCUT2D eigenvalue weighted by Crippen LogP contribution is 2.55. The van der Waals surface area contributed by atoms with Gasteiger partial charge in [-0.1, -0.05) is 45.4 Å². The van der Waals surface area contributed by atoms with Gasteiger partial charge < -0.3 is 15.0 Å². The number of hydrogen-bond donors (Lipinski definition) is 1. The molecule has 3 aromatic carbocycles. The van der Waals surface area contributed by atoms with Crippen LogP contribution in [0.2, 0.25) is 5.02 Å².